The minimum Gasteiger partial charge on any atom is -0.333 e. The molecule has 4 rings (SSSR count). The van der Waals surface area contributed by atoms with Crippen LogP contribution in [0.3, 0.4) is 0 Å². The first-order valence-corrected chi connectivity index (χ1v) is 8.42. The summed E-state index contributed by atoms with van der Waals surface area (Å²) in [5, 5.41) is 10.2. The molecule has 3 heterocycles. The molecule has 2 atom stereocenters. The number of halogens is 2. The van der Waals surface area contributed by atoms with E-state index in [2.05, 4.69) is 15.4 Å². The topological polar surface area (TPSA) is 82.2 Å². The summed E-state index contributed by atoms with van der Waals surface area (Å²) in [7, 11) is 0. The Morgan fingerprint density at radius 1 is 1.08 bits per heavy atom. The zero-order valence-electron chi connectivity index (χ0n) is 14.1. The highest BCUT2D eigenvalue weighted by atomic mass is 19.2. The largest absolute Gasteiger partial charge is 0.333 e. The van der Waals surface area contributed by atoms with Crippen molar-refractivity contribution in [1.29, 1.82) is 0 Å². The first-order chi connectivity index (χ1) is 12.5. The van der Waals surface area contributed by atoms with Crippen molar-refractivity contribution in [1.82, 2.24) is 25.2 Å². The molecule has 2 saturated heterocycles. The number of nitrogens with one attached hydrogen (secondary N) is 1. The van der Waals surface area contributed by atoms with Crippen LogP contribution in [0.4, 0.5) is 8.78 Å². The van der Waals surface area contributed by atoms with Gasteiger partial charge in [-0.2, -0.15) is 15.4 Å². The lowest BCUT2D eigenvalue weighted by Crippen LogP contribution is -2.42. The van der Waals surface area contributed by atoms with Crippen LogP contribution in [0, 0.1) is 18.6 Å². The zero-order valence-corrected chi connectivity index (χ0v) is 14.1. The third-order valence-electron chi connectivity index (χ3n) is 5.20. The molecule has 2 fully saturated rings. The maximum absolute atomic E-state index is 14.0. The van der Waals surface area contributed by atoms with E-state index in [0.29, 0.717) is 31.6 Å². The minimum atomic E-state index is -1.13. The summed E-state index contributed by atoms with van der Waals surface area (Å²) in [6.07, 6.45) is 1.19. The summed E-state index contributed by atoms with van der Waals surface area (Å²) in [6, 6.07) is 3.22. The van der Waals surface area contributed by atoms with E-state index in [0.717, 1.165) is 6.07 Å². The number of amides is 2. The van der Waals surface area contributed by atoms with Gasteiger partial charge in [0.2, 0.25) is 0 Å². The molecule has 1 aromatic heterocycles. The number of H-pyrrole nitrogens is 1. The van der Waals surface area contributed by atoms with Gasteiger partial charge in [-0.25, -0.2) is 8.78 Å². The number of aryl methyl sites for hydroxylation is 1. The highest BCUT2D eigenvalue weighted by Crippen LogP contribution is 2.34. The molecule has 2 aliphatic heterocycles. The fourth-order valence-corrected chi connectivity index (χ4v) is 3.94. The van der Waals surface area contributed by atoms with Gasteiger partial charge in [0.25, 0.3) is 11.8 Å². The first-order valence-electron chi connectivity index (χ1n) is 8.42. The van der Waals surface area contributed by atoms with Gasteiger partial charge in [0.15, 0.2) is 17.3 Å². The number of aromatic amines is 1. The number of carbonyl (C=O) groups excluding carboxylic acids is 2. The molecule has 26 heavy (non-hydrogen) atoms. The van der Waals surface area contributed by atoms with E-state index in [1.54, 1.807) is 16.7 Å². The average molecular weight is 361 g/mol. The number of hydrogen-bond donors (Lipinski definition) is 1. The number of aromatic nitrogens is 3. The monoisotopic (exact) mass is 361 g/mol. The van der Waals surface area contributed by atoms with Crippen molar-refractivity contribution >= 4 is 11.8 Å². The highest BCUT2D eigenvalue weighted by Gasteiger charge is 2.47. The van der Waals surface area contributed by atoms with E-state index in [1.165, 1.54) is 12.1 Å². The molecule has 2 aliphatic rings. The second-order valence-corrected chi connectivity index (χ2v) is 6.57. The van der Waals surface area contributed by atoms with E-state index in [4.69, 9.17) is 0 Å². The van der Waals surface area contributed by atoms with Crippen LogP contribution >= 0.6 is 0 Å². The number of carbonyl (C=O) groups is 2. The summed E-state index contributed by atoms with van der Waals surface area (Å²) in [6.45, 7) is 2.57. The van der Waals surface area contributed by atoms with Crippen LogP contribution in [-0.2, 0) is 0 Å². The van der Waals surface area contributed by atoms with Crippen LogP contribution in [-0.4, -0.2) is 62.2 Å². The fourth-order valence-electron chi connectivity index (χ4n) is 3.94. The van der Waals surface area contributed by atoms with Crippen molar-refractivity contribution in [2.75, 3.05) is 13.1 Å². The molecule has 136 valence electrons. The molecule has 1 N–H and O–H groups in total. The summed E-state index contributed by atoms with van der Waals surface area (Å²) in [5.41, 5.74) is 0.514. The van der Waals surface area contributed by atoms with Gasteiger partial charge in [0.1, 0.15) is 0 Å². The smallest absolute Gasteiger partial charge is 0.276 e. The van der Waals surface area contributed by atoms with E-state index in [9.17, 15) is 18.4 Å². The van der Waals surface area contributed by atoms with Gasteiger partial charge in [-0.05, 0) is 31.9 Å². The van der Waals surface area contributed by atoms with Gasteiger partial charge in [0, 0.05) is 13.1 Å². The van der Waals surface area contributed by atoms with Gasteiger partial charge in [-0.1, -0.05) is 6.07 Å². The Labute approximate surface area is 148 Å². The van der Waals surface area contributed by atoms with Gasteiger partial charge >= 0.3 is 0 Å². The summed E-state index contributed by atoms with van der Waals surface area (Å²) < 4.78 is 27.4. The normalized spacial score (nSPS) is 22.0. The Kier molecular flexibility index (Phi) is 3.93. The lowest BCUT2D eigenvalue weighted by atomic mass is 10.1. The Morgan fingerprint density at radius 3 is 2.35 bits per heavy atom. The molecule has 2 aromatic rings. The third kappa shape index (κ3) is 2.46. The molecule has 0 bridgehead atoms. The van der Waals surface area contributed by atoms with Gasteiger partial charge in [-0.15, -0.1) is 0 Å². The second-order valence-electron chi connectivity index (χ2n) is 6.57. The summed E-state index contributed by atoms with van der Waals surface area (Å²) in [5.74, 6) is -2.95. The quantitative estimate of drug-likeness (QED) is 0.879. The second kappa shape index (κ2) is 6.15. The van der Waals surface area contributed by atoms with Gasteiger partial charge in [0.05, 0.1) is 23.3 Å². The molecule has 7 nitrogen and oxygen atoms in total. The van der Waals surface area contributed by atoms with E-state index >= 15 is 0 Å². The van der Waals surface area contributed by atoms with E-state index < -0.39 is 17.5 Å². The molecular formula is C17H17F2N5O2. The Balaban J connectivity index is 1.55. The van der Waals surface area contributed by atoms with Crippen LogP contribution in [0.2, 0.25) is 0 Å². The predicted molar refractivity (Wildman–Crippen MR) is 86.4 cm³/mol. The first kappa shape index (κ1) is 16.6. The Morgan fingerprint density at radius 2 is 1.73 bits per heavy atom. The van der Waals surface area contributed by atoms with E-state index in [1.807, 2.05) is 0 Å². The maximum Gasteiger partial charge on any atom is 0.276 e. The predicted octanol–water partition coefficient (Wildman–Crippen LogP) is 1.52. The highest BCUT2D eigenvalue weighted by molar-refractivity contribution is 5.96. The number of rotatable bonds is 2. The molecule has 2 amide bonds. The van der Waals surface area contributed by atoms with E-state index in [-0.39, 0.29) is 29.2 Å². The number of nitrogens with zero attached hydrogens (tertiary/aromatic N) is 4. The Bertz CT molecular complexity index is 884. The van der Waals surface area contributed by atoms with Crippen LogP contribution in [0.1, 0.15) is 39.4 Å². The third-order valence-corrected chi connectivity index (χ3v) is 5.20. The van der Waals surface area contributed by atoms with Crippen LogP contribution in [0.5, 0.6) is 0 Å². The van der Waals surface area contributed by atoms with Crippen LogP contribution in [0.15, 0.2) is 18.2 Å². The number of fused-ring (bicyclic) bond motifs is 1. The number of benzene rings is 1. The van der Waals surface area contributed by atoms with Crippen LogP contribution in [0.25, 0.3) is 0 Å². The van der Waals surface area contributed by atoms with Gasteiger partial charge in [-0.3, -0.25) is 9.59 Å². The lowest BCUT2D eigenvalue weighted by Gasteiger charge is -2.25. The Hall–Kier alpha value is -2.84. The maximum atomic E-state index is 14.0. The van der Waals surface area contributed by atoms with Crippen molar-refractivity contribution in [3.8, 4) is 0 Å². The fraction of sp³-hybridized carbons (Fsp3) is 0.412. The molecule has 0 radical (unpaired) electrons. The molecule has 9 heteroatoms. The molecule has 0 saturated carbocycles. The van der Waals surface area contributed by atoms with Crippen LogP contribution < -0.4 is 0 Å². The minimum absolute atomic E-state index is 0.154. The van der Waals surface area contributed by atoms with Crippen molar-refractivity contribution in [2.24, 2.45) is 0 Å². The molecule has 0 unspecified atom stereocenters. The van der Waals surface area contributed by atoms with Crippen molar-refractivity contribution in [3.05, 3.63) is 46.8 Å². The van der Waals surface area contributed by atoms with Gasteiger partial charge < -0.3 is 9.80 Å². The molecular weight excluding hydrogens is 344 g/mol. The molecule has 1 aromatic carbocycles. The zero-order chi connectivity index (χ0) is 18.4. The number of likely N-dealkylation sites (tertiary alicyclic amines) is 2. The van der Waals surface area contributed by atoms with Crippen molar-refractivity contribution in [3.63, 3.8) is 0 Å². The molecule has 0 spiro atoms. The van der Waals surface area contributed by atoms with Crippen molar-refractivity contribution < 1.29 is 18.4 Å². The summed E-state index contributed by atoms with van der Waals surface area (Å²) >= 11 is 0. The average Bonchev–Trinajstić information content (AvgIpc) is 3.32. The SMILES string of the molecule is Cc1n[nH]nc1C(=O)N1CC[C@H]2[C@@H]1CCN2C(=O)c1cccc(F)c1F. The molecule has 0 aliphatic carbocycles. The number of hydrogen-bond acceptors (Lipinski definition) is 4. The standard InChI is InChI=1S/C17H17F2N5O2/c1-9-15(21-22-20-9)17(26)24-8-6-12-13(24)5-7-23(12)16(25)10-3-2-4-11(18)14(10)19/h2-4,12-13H,5-8H2,1H3,(H,20,21,22)/t12-,13-/m0/s1. The lowest BCUT2D eigenvalue weighted by molar-refractivity contribution is 0.0684. The summed E-state index contributed by atoms with van der Waals surface area (Å²) in [4.78, 5) is 28.7. The van der Waals surface area contributed by atoms with Crippen molar-refractivity contribution in [2.45, 2.75) is 31.8 Å².